The number of amides is 2. The van der Waals surface area contributed by atoms with Gasteiger partial charge in [-0.1, -0.05) is 25.5 Å². The number of carbonyl (C=O) groups excluding carboxylic acids is 3. The Labute approximate surface area is 170 Å². The van der Waals surface area contributed by atoms with Crippen LogP contribution >= 0.6 is 0 Å². The number of likely N-dealkylation sites (tertiary alicyclic amines) is 1. The van der Waals surface area contributed by atoms with Crippen molar-refractivity contribution < 1.29 is 23.9 Å². The summed E-state index contributed by atoms with van der Waals surface area (Å²) in [4.78, 5) is 42.7. The molecule has 3 heterocycles. The Morgan fingerprint density at radius 1 is 1.07 bits per heavy atom. The van der Waals surface area contributed by atoms with Crippen molar-refractivity contribution in [1.82, 2.24) is 4.90 Å². The van der Waals surface area contributed by atoms with Crippen LogP contribution in [0.1, 0.15) is 61.4 Å². The second-order valence-electron chi connectivity index (χ2n) is 7.86. The maximum Gasteiger partial charge on any atom is 0.294 e. The second kappa shape index (κ2) is 8.24. The molecule has 0 bridgehead atoms. The van der Waals surface area contributed by atoms with E-state index >= 15 is 0 Å². The van der Waals surface area contributed by atoms with E-state index < -0.39 is 17.5 Å². The van der Waals surface area contributed by atoms with Crippen LogP contribution in [0.5, 0.6) is 0 Å². The zero-order valence-corrected chi connectivity index (χ0v) is 16.9. The summed E-state index contributed by atoms with van der Waals surface area (Å²) in [6.45, 7) is 4.51. The van der Waals surface area contributed by atoms with Crippen LogP contribution in [-0.4, -0.2) is 55.3 Å². The van der Waals surface area contributed by atoms with Crippen LogP contribution in [0.25, 0.3) is 0 Å². The molecule has 0 unspecified atom stereocenters. The number of hydrogen-bond acceptors (Lipinski definition) is 5. The van der Waals surface area contributed by atoms with E-state index in [2.05, 4.69) is 6.92 Å². The topological polar surface area (TPSA) is 76.1 Å². The summed E-state index contributed by atoms with van der Waals surface area (Å²) in [5, 5.41) is 0. The smallest absolute Gasteiger partial charge is 0.294 e. The highest BCUT2D eigenvalue weighted by Gasteiger charge is 2.56. The molecule has 0 saturated carbocycles. The Kier molecular flexibility index (Phi) is 5.69. The van der Waals surface area contributed by atoms with E-state index in [1.165, 1.54) is 0 Å². The molecule has 0 N–H and O–H groups in total. The molecule has 0 atom stereocenters. The predicted octanol–water partition coefficient (Wildman–Crippen LogP) is 2.62. The number of nitrogens with zero attached hydrogens (tertiary/aromatic N) is 2. The average molecular weight is 400 g/mol. The Morgan fingerprint density at radius 3 is 2.48 bits per heavy atom. The fraction of sp³-hybridized carbons (Fsp3) is 0.591. The molecule has 29 heavy (non-hydrogen) atoms. The lowest BCUT2D eigenvalue weighted by atomic mass is 9.95. The minimum Gasteiger partial charge on any atom is -0.338 e. The fourth-order valence-corrected chi connectivity index (χ4v) is 4.39. The van der Waals surface area contributed by atoms with E-state index in [1.807, 2.05) is 0 Å². The van der Waals surface area contributed by atoms with Gasteiger partial charge in [-0.05, 0) is 38.2 Å². The first kappa shape index (κ1) is 20.0. The van der Waals surface area contributed by atoms with Gasteiger partial charge >= 0.3 is 0 Å². The van der Waals surface area contributed by atoms with Gasteiger partial charge in [0.1, 0.15) is 0 Å². The monoisotopic (exact) mass is 400 g/mol. The molecule has 3 aliphatic heterocycles. The highest BCUT2D eigenvalue weighted by molar-refractivity contribution is 6.43. The van der Waals surface area contributed by atoms with Crippen molar-refractivity contribution in [3.05, 3.63) is 29.3 Å². The molecule has 2 saturated heterocycles. The molecule has 156 valence electrons. The molecule has 2 amide bonds. The van der Waals surface area contributed by atoms with Crippen molar-refractivity contribution in [3.8, 4) is 0 Å². The number of ether oxygens (including phenoxy) is 2. The minimum atomic E-state index is -1.62. The number of anilines is 1. The fourth-order valence-electron chi connectivity index (χ4n) is 4.39. The van der Waals surface area contributed by atoms with Crippen molar-refractivity contribution in [1.29, 1.82) is 0 Å². The summed E-state index contributed by atoms with van der Waals surface area (Å²) < 4.78 is 11.8. The normalized spacial score (nSPS) is 20.8. The van der Waals surface area contributed by atoms with Crippen LogP contribution in [-0.2, 0) is 24.8 Å². The molecule has 2 fully saturated rings. The lowest BCUT2D eigenvalue weighted by molar-refractivity contribution is -0.256. The molecule has 1 aromatic rings. The summed E-state index contributed by atoms with van der Waals surface area (Å²) in [6, 6.07) is 5.15. The molecule has 3 aliphatic rings. The Hall–Kier alpha value is -2.25. The second-order valence-corrected chi connectivity index (χ2v) is 7.86. The molecule has 7 nitrogen and oxygen atoms in total. The van der Waals surface area contributed by atoms with E-state index in [1.54, 1.807) is 28.0 Å². The van der Waals surface area contributed by atoms with E-state index in [-0.39, 0.29) is 11.5 Å². The number of unbranched alkanes of at least 4 members (excludes halogenated alkanes) is 1. The van der Waals surface area contributed by atoms with Crippen molar-refractivity contribution >= 4 is 23.3 Å². The molecule has 4 rings (SSSR count). The molecule has 0 aliphatic carbocycles. The molecule has 0 radical (unpaired) electrons. The summed E-state index contributed by atoms with van der Waals surface area (Å²) in [7, 11) is 0. The number of fused-ring (bicyclic) bond motifs is 2. The van der Waals surface area contributed by atoms with Gasteiger partial charge in [0.05, 0.1) is 24.5 Å². The van der Waals surface area contributed by atoms with E-state index in [9.17, 15) is 14.4 Å². The standard InChI is InChI=1S/C22H28N2O5/c1-2-3-13-24-17-10-7-9-16(19(25)20(26)23-11-5-4-6-12-23)18(17)22(21(24)27)28-14-8-15-29-22/h7,9-10H,2-6,8,11-15H2,1H3. The van der Waals surface area contributed by atoms with Gasteiger partial charge in [0.25, 0.3) is 23.4 Å². The van der Waals surface area contributed by atoms with E-state index in [4.69, 9.17) is 9.47 Å². The summed E-state index contributed by atoms with van der Waals surface area (Å²) in [6.07, 6.45) is 5.33. The van der Waals surface area contributed by atoms with Gasteiger partial charge < -0.3 is 19.3 Å². The third-order valence-electron chi connectivity index (χ3n) is 5.91. The number of hydrogen-bond donors (Lipinski definition) is 0. The molecule has 0 aromatic heterocycles. The first-order valence-corrected chi connectivity index (χ1v) is 10.7. The first-order chi connectivity index (χ1) is 14.1. The van der Waals surface area contributed by atoms with Crippen LogP contribution in [0.15, 0.2) is 18.2 Å². The summed E-state index contributed by atoms with van der Waals surface area (Å²) >= 11 is 0. The van der Waals surface area contributed by atoms with Gasteiger partial charge in [-0.2, -0.15) is 0 Å². The molecule has 7 heteroatoms. The SMILES string of the molecule is CCCCN1C(=O)C2(OCCCO2)c2c(C(=O)C(=O)N3CCCCC3)cccc21. The van der Waals surface area contributed by atoms with Crippen molar-refractivity contribution in [2.45, 2.75) is 51.2 Å². The maximum absolute atomic E-state index is 13.4. The van der Waals surface area contributed by atoms with Crippen LogP contribution in [0.4, 0.5) is 5.69 Å². The van der Waals surface area contributed by atoms with Gasteiger partial charge in [0.2, 0.25) is 0 Å². The number of carbonyl (C=O) groups is 3. The molecular weight excluding hydrogens is 372 g/mol. The summed E-state index contributed by atoms with van der Waals surface area (Å²) in [5.41, 5.74) is 1.23. The largest absolute Gasteiger partial charge is 0.338 e. The molecule has 1 spiro atoms. The highest BCUT2D eigenvalue weighted by atomic mass is 16.7. The van der Waals surface area contributed by atoms with Gasteiger partial charge in [-0.3, -0.25) is 14.4 Å². The zero-order valence-electron chi connectivity index (χ0n) is 16.9. The van der Waals surface area contributed by atoms with Gasteiger partial charge in [-0.15, -0.1) is 0 Å². The minimum absolute atomic E-state index is 0.215. The quantitative estimate of drug-likeness (QED) is 0.561. The Morgan fingerprint density at radius 2 is 1.79 bits per heavy atom. The van der Waals surface area contributed by atoms with Gasteiger partial charge in [0, 0.05) is 25.2 Å². The number of rotatable bonds is 5. The van der Waals surface area contributed by atoms with E-state index in [0.717, 1.165) is 32.1 Å². The molecule has 1 aromatic carbocycles. The van der Waals surface area contributed by atoms with Crippen molar-refractivity contribution in [3.63, 3.8) is 0 Å². The Bertz CT molecular complexity index is 809. The third-order valence-corrected chi connectivity index (χ3v) is 5.91. The predicted molar refractivity (Wildman–Crippen MR) is 107 cm³/mol. The molecular formula is C22H28N2O5. The van der Waals surface area contributed by atoms with Crippen molar-refractivity contribution in [2.75, 3.05) is 37.7 Å². The maximum atomic E-state index is 13.4. The number of ketones is 1. The lowest BCUT2D eigenvalue weighted by Gasteiger charge is -2.33. The number of Topliss-reactive ketones (excluding diaryl/α,β-unsaturated/α-hetero) is 1. The van der Waals surface area contributed by atoms with Crippen LogP contribution < -0.4 is 4.90 Å². The summed E-state index contributed by atoms with van der Waals surface area (Å²) in [5.74, 6) is -3.02. The average Bonchev–Trinajstić information content (AvgIpc) is 3.00. The zero-order chi connectivity index (χ0) is 20.4. The van der Waals surface area contributed by atoms with Gasteiger partial charge in [0.15, 0.2) is 0 Å². The Balaban J connectivity index is 1.75. The van der Waals surface area contributed by atoms with Crippen LogP contribution in [0.2, 0.25) is 0 Å². The lowest BCUT2D eigenvalue weighted by Crippen LogP contribution is -2.48. The van der Waals surface area contributed by atoms with Gasteiger partial charge in [-0.25, -0.2) is 0 Å². The van der Waals surface area contributed by atoms with Crippen LogP contribution in [0, 0.1) is 0 Å². The van der Waals surface area contributed by atoms with E-state index in [0.29, 0.717) is 50.5 Å². The van der Waals surface area contributed by atoms with Crippen molar-refractivity contribution in [2.24, 2.45) is 0 Å². The number of benzene rings is 1. The van der Waals surface area contributed by atoms with Crippen LogP contribution in [0.3, 0.4) is 0 Å². The first-order valence-electron chi connectivity index (χ1n) is 10.7. The highest BCUT2D eigenvalue weighted by Crippen LogP contribution is 2.47. The third kappa shape index (κ3) is 3.36. The number of piperidine rings is 1.